The molecule has 4 rings (SSSR count). The van der Waals surface area contributed by atoms with Crippen molar-refractivity contribution in [3.05, 3.63) is 30.3 Å². The summed E-state index contributed by atoms with van der Waals surface area (Å²) >= 11 is 0. The molecule has 3 aliphatic heterocycles. The minimum Gasteiger partial charge on any atom is -0.723 e. The molecule has 0 spiro atoms. The van der Waals surface area contributed by atoms with Crippen LogP contribution in [-0.4, -0.2) is 66.6 Å². The van der Waals surface area contributed by atoms with Gasteiger partial charge in [-0.05, 0) is 48.0 Å². The molecule has 0 radical (unpaired) electrons. The van der Waals surface area contributed by atoms with E-state index in [4.69, 9.17) is 34.4 Å². The summed E-state index contributed by atoms with van der Waals surface area (Å²) in [4.78, 5) is 18.3. The van der Waals surface area contributed by atoms with Gasteiger partial charge in [-0.15, -0.1) is 0 Å². The molecule has 182 valence electrons. The minimum absolute atomic E-state index is 0. The van der Waals surface area contributed by atoms with Gasteiger partial charge in [0.2, 0.25) is 0 Å². The molecule has 0 unspecified atom stereocenters. The Bertz CT molecular complexity index is 846. The van der Waals surface area contributed by atoms with Crippen LogP contribution in [0.25, 0.3) is 0 Å². The first-order chi connectivity index (χ1) is 15.5. The van der Waals surface area contributed by atoms with Crippen molar-refractivity contribution in [2.45, 2.75) is 71.5 Å². The molecule has 1 aromatic rings. The Morgan fingerprint density at radius 1 is 0.794 bits per heavy atom. The zero-order chi connectivity index (χ0) is 24.3. The van der Waals surface area contributed by atoms with Crippen LogP contribution in [-0.2, 0) is 38.6 Å². The summed E-state index contributed by atoms with van der Waals surface area (Å²) < 4.78 is 18.6. The number of hydrogen-bond acceptors (Lipinski definition) is 8. The fourth-order valence-corrected chi connectivity index (χ4v) is 4.08. The van der Waals surface area contributed by atoms with E-state index >= 15 is 0 Å². The van der Waals surface area contributed by atoms with Crippen LogP contribution < -0.4 is 10.7 Å². The minimum atomic E-state index is -1.93. The van der Waals surface area contributed by atoms with Gasteiger partial charge in [-0.1, -0.05) is 37.3 Å². The molecule has 1 aromatic carbocycles. The van der Waals surface area contributed by atoms with Crippen molar-refractivity contribution in [2.75, 3.05) is 26.4 Å². The first-order valence-electron chi connectivity index (χ1n) is 11.6. The Morgan fingerprint density at radius 3 is 1.41 bits per heavy atom. The number of aliphatic imine (C=N–C) groups is 3. The maximum Gasteiger partial charge on any atom is 2.00 e. The number of rotatable bonds is 6. The van der Waals surface area contributed by atoms with Gasteiger partial charge in [0.15, 0.2) is 0 Å². The van der Waals surface area contributed by atoms with Crippen LogP contribution in [0, 0.1) is 0 Å². The van der Waals surface area contributed by atoms with Gasteiger partial charge >= 0.3 is 19.5 Å². The standard InChI is InChI=1S/C21H29BN3O3.C3H8O2.Zn/c1-19(2)12-26-16(23-19)22(15-10-8-7-9-11-15,17-24-20(3,4)13-27-17)18-25-21(5,6)14-28-18;1-2-3-5-4;/h7-11H,12-14H2,1-6H3;4H,2-3H2,1H3;/q-1;;+2/p-1. The van der Waals surface area contributed by atoms with Crippen LogP contribution in [0.4, 0.5) is 0 Å². The molecule has 0 N–H and O–H groups in total. The first kappa shape index (κ1) is 28.5. The monoisotopic (exact) mass is 521 g/mol. The Kier molecular flexibility index (Phi) is 9.11. The number of nitrogens with zero attached hydrogens (tertiary/aromatic N) is 3. The average Bonchev–Trinajstić information content (AvgIpc) is 3.41. The molecule has 8 nitrogen and oxygen atoms in total. The van der Waals surface area contributed by atoms with E-state index in [1.54, 1.807) is 0 Å². The zero-order valence-corrected chi connectivity index (χ0v) is 24.6. The molecule has 0 fully saturated rings. The third-order valence-corrected chi connectivity index (χ3v) is 5.66. The van der Waals surface area contributed by atoms with Gasteiger partial charge in [0, 0.05) is 24.0 Å². The second kappa shape index (κ2) is 10.9. The van der Waals surface area contributed by atoms with Crippen LogP contribution in [0.15, 0.2) is 45.3 Å². The number of benzene rings is 1. The van der Waals surface area contributed by atoms with E-state index in [0.29, 0.717) is 43.8 Å². The van der Waals surface area contributed by atoms with Gasteiger partial charge in [-0.2, -0.15) is 5.46 Å². The van der Waals surface area contributed by atoms with Crippen molar-refractivity contribution in [2.24, 2.45) is 15.0 Å². The Labute approximate surface area is 215 Å². The van der Waals surface area contributed by atoms with Crippen molar-refractivity contribution in [3.63, 3.8) is 0 Å². The molecule has 0 atom stereocenters. The Balaban J connectivity index is 0.000000619. The summed E-state index contributed by atoms with van der Waals surface area (Å²) in [5, 5.41) is 9.03. The molecule has 0 amide bonds. The smallest absolute Gasteiger partial charge is 0.723 e. The SMILES string of the molecule is CC1(C)COC([B-](C2=NC(C)(C)CO2)(C2=NC(C)(C)CO2)c2ccccc2)=N1.CCCO[O-].[Zn+2]. The third-order valence-electron chi connectivity index (χ3n) is 5.66. The summed E-state index contributed by atoms with van der Waals surface area (Å²) in [5.41, 5.74) is 0.0355. The maximum absolute atomic E-state index is 9.03. The van der Waals surface area contributed by atoms with Crippen molar-refractivity contribution < 1.29 is 43.8 Å². The van der Waals surface area contributed by atoms with E-state index in [0.717, 1.165) is 11.9 Å². The molecule has 0 saturated carbocycles. The summed E-state index contributed by atoms with van der Waals surface area (Å²) in [7, 11) is 0. The molecule has 0 aliphatic carbocycles. The normalized spacial score (nSPS) is 21.5. The van der Waals surface area contributed by atoms with Gasteiger partial charge in [-0.3, -0.25) is 15.0 Å². The van der Waals surface area contributed by atoms with Gasteiger partial charge in [0.25, 0.3) is 6.15 Å². The van der Waals surface area contributed by atoms with Gasteiger partial charge < -0.3 is 24.4 Å². The second-order valence-electron chi connectivity index (χ2n) is 10.8. The molecule has 0 bridgehead atoms. The second-order valence-corrected chi connectivity index (χ2v) is 10.8. The number of ether oxygens (including phenoxy) is 3. The fourth-order valence-electron chi connectivity index (χ4n) is 4.08. The topological polar surface area (TPSA) is 97.1 Å². The van der Waals surface area contributed by atoms with Crippen molar-refractivity contribution in [1.82, 2.24) is 0 Å². The molecule has 0 saturated heterocycles. The summed E-state index contributed by atoms with van der Waals surface area (Å²) in [6.07, 6.45) is -1.13. The van der Waals surface area contributed by atoms with Crippen LogP contribution in [0.5, 0.6) is 0 Å². The average molecular weight is 523 g/mol. The summed E-state index contributed by atoms with van der Waals surface area (Å²) in [5.74, 6) is 1.80. The van der Waals surface area contributed by atoms with E-state index in [1.165, 1.54) is 0 Å². The molecule has 3 aliphatic rings. The van der Waals surface area contributed by atoms with Crippen LogP contribution >= 0.6 is 0 Å². The molecular weight excluding hydrogens is 486 g/mol. The third kappa shape index (κ3) is 6.07. The van der Waals surface area contributed by atoms with Gasteiger partial charge in [-0.25, -0.2) is 0 Å². The fraction of sp³-hybridized carbons (Fsp3) is 0.625. The maximum atomic E-state index is 9.03. The van der Waals surface area contributed by atoms with Crippen LogP contribution in [0.1, 0.15) is 54.9 Å². The van der Waals surface area contributed by atoms with Crippen molar-refractivity contribution in [1.29, 1.82) is 0 Å². The number of hydrogen-bond donors (Lipinski definition) is 0. The molecule has 0 aromatic heterocycles. The van der Waals surface area contributed by atoms with Gasteiger partial charge in [0.1, 0.15) is 19.8 Å². The molecule has 10 heteroatoms. The van der Waals surface area contributed by atoms with Crippen molar-refractivity contribution in [3.8, 4) is 0 Å². The van der Waals surface area contributed by atoms with E-state index in [9.17, 15) is 0 Å². The van der Waals surface area contributed by atoms with E-state index in [-0.39, 0.29) is 36.1 Å². The van der Waals surface area contributed by atoms with Crippen molar-refractivity contribution >= 4 is 29.0 Å². The van der Waals surface area contributed by atoms with Crippen LogP contribution in [0.3, 0.4) is 0 Å². The Morgan fingerprint density at radius 2 is 1.18 bits per heavy atom. The van der Waals surface area contributed by atoms with Gasteiger partial charge in [0.05, 0.1) is 16.6 Å². The first-order valence-corrected chi connectivity index (χ1v) is 11.6. The largest absolute Gasteiger partial charge is 2.00 e. The molecule has 3 heterocycles. The molecule has 34 heavy (non-hydrogen) atoms. The summed E-state index contributed by atoms with van der Waals surface area (Å²) in [6.45, 7) is 16.1. The van der Waals surface area contributed by atoms with E-state index in [1.807, 2.05) is 25.1 Å². The Hall–Kier alpha value is -1.76. The summed E-state index contributed by atoms with van der Waals surface area (Å²) in [6, 6.07) is 10.1. The predicted octanol–water partition coefficient (Wildman–Crippen LogP) is 2.27. The predicted molar refractivity (Wildman–Crippen MR) is 130 cm³/mol. The quantitative estimate of drug-likeness (QED) is 0.324. The zero-order valence-electron chi connectivity index (χ0n) is 21.6. The van der Waals surface area contributed by atoms with E-state index < -0.39 is 6.15 Å². The molecular formula is C24H36BN3O5Zn. The van der Waals surface area contributed by atoms with Crippen LogP contribution in [0.2, 0.25) is 0 Å². The van der Waals surface area contributed by atoms with E-state index in [2.05, 4.69) is 58.6 Å².